The molecule has 1 aliphatic carbocycles. The van der Waals surface area contributed by atoms with E-state index in [0.29, 0.717) is 11.3 Å². The zero-order valence-electron chi connectivity index (χ0n) is 8.51. The molecule has 1 saturated carbocycles. The molecule has 0 amide bonds. The Morgan fingerprint density at radius 3 is 2.31 bits per heavy atom. The standard InChI is InChI=1S/C11H19NO/c1-10(13)9-11(5-6-11)12-7-3-2-4-8-12/h2-9H2,1H3. The third-order valence-corrected chi connectivity index (χ3v) is 3.43. The lowest BCUT2D eigenvalue weighted by Crippen LogP contribution is -2.42. The normalized spacial score (nSPS) is 27.2. The first kappa shape index (κ1) is 9.20. The molecule has 13 heavy (non-hydrogen) atoms. The van der Waals surface area contributed by atoms with Gasteiger partial charge in [-0.25, -0.2) is 0 Å². The molecule has 74 valence electrons. The third kappa shape index (κ3) is 1.93. The quantitative estimate of drug-likeness (QED) is 0.663. The van der Waals surface area contributed by atoms with Gasteiger partial charge >= 0.3 is 0 Å². The van der Waals surface area contributed by atoms with E-state index in [-0.39, 0.29) is 0 Å². The molecule has 0 N–H and O–H groups in total. The number of hydrogen-bond acceptors (Lipinski definition) is 2. The topological polar surface area (TPSA) is 20.3 Å². The maximum Gasteiger partial charge on any atom is 0.131 e. The van der Waals surface area contributed by atoms with Crippen molar-refractivity contribution in [2.75, 3.05) is 13.1 Å². The highest BCUT2D eigenvalue weighted by Crippen LogP contribution is 2.45. The molecule has 0 bridgehead atoms. The van der Waals surface area contributed by atoms with Crippen molar-refractivity contribution in [1.29, 1.82) is 0 Å². The van der Waals surface area contributed by atoms with Gasteiger partial charge in [-0.1, -0.05) is 6.42 Å². The minimum absolute atomic E-state index is 0.326. The Hall–Kier alpha value is -0.370. The molecular weight excluding hydrogens is 162 g/mol. The van der Waals surface area contributed by atoms with Gasteiger partial charge in [-0.15, -0.1) is 0 Å². The lowest BCUT2D eigenvalue weighted by Gasteiger charge is -2.34. The summed E-state index contributed by atoms with van der Waals surface area (Å²) in [6.45, 7) is 4.19. The van der Waals surface area contributed by atoms with Crippen LogP contribution >= 0.6 is 0 Å². The Morgan fingerprint density at radius 2 is 1.85 bits per heavy atom. The zero-order valence-corrected chi connectivity index (χ0v) is 8.51. The van der Waals surface area contributed by atoms with E-state index in [4.69, 9.17) is 0 Å². The third-order valence-electron chi connectivity index (χ3n) is 3.43. The molecule has 2 heteroatoms. The lowest BCUT2D eigenvalue weighted by atomic mass is 10.0. The first-order chi connectivity index (χ1) is 6.23. The van der Waals surface area contributed by atoms with Crippen LogP contribution in [0.2, 0.25) is 0 Å². The maximum atomic E-state index is 11.1. The number of ketones is 1. The van der Waals surface area contributed by atoms with Gasteiger partial charge in [0.25, 0.3) is 0 Å². The first-order valence-electron chi connectivity index (χ1n) is 5.47. The van der Waals surface area contributed by atoms with E-state index in [0.717, 1.165) is 6.42 Å². The summed E-state index contributed by atoms with van der Waals surface area (Å²) < 4.78 is 0. The molecule has 1 heterocycles. The summed E-state index contributed by atoms with van der Waals surface area (Å²) in [4.78, 5) is 13.7. The highest BCUT2D eigenvalue weighted by molar-refractivity contribution is 5.77. The van der Waals surface area contributed by atoms with Crippen molar-refractivity contribution in [3.05, 3.63) is 0 Å². The molecule has 0 unspecified atom stereocenters. The summed E-state index contributed by atoms with van der Waals surface area (Å²) >= 11 is 0. The van der Waals surface area contributed by atoms with Crippen LogP contribution in [0, 0.1) is 0 Å². The number of carbonyl (C=O) groups is 1. The van der Waals surface area contributed by atoms with Crippen LogP contribution < -0.4 is 0 Å². The van der Waals surface area contributed by atoms with E-state index in [1.165, 1.54) is 45.2 Å². The van der Waals surface area contributed by atoms with Crippen molar-refractivity contribution in [2.45, 2.75) is 51.0 Å². The van der Waals surface area contributed by atoms with Gasteiger partial charge in [0.2, 0.25) is 0 Å². The molecule has 0 aromatic carbocycles. The predicted octanol–water partition coefficient (Wildman–Crippen LogP) is 1.98. The summed E-state index contributed by atoms with van der Waals surface area (Å²) in [5.74, 6) is 0.364. The molecule has 0 atom stereocenters. The molecule has 2 nitrogen and oxygen atoms in total. The van der Waals surface area contributed by atoms with E-state index < -0.39 is 0 Å². The van der Waals surface area contributed by atoms with Crippen LogP contribution in [-0.2, 0) is 4.79 Å². The van der Waals surface area contributed by atoms with Crippen LogP contribution in [0.3, 0.4) is 0 Å². The largest absolute Gasteiger partial charge is 0.300 e. The van der Waals surface area contributed by atoms with E-state index in [1.54, 1.807) is 6.92 Å². The number of hydrogen-bond donors (Lipinski definition) is 0. The molecule has 2 aliphatic rings. The average Bonchev–Trinajstić information content (AvgIpc) is 2.86. The average molecular weight is 181 g/mol. The van der Waals surface area contributed by atoms with Crippen LogP contribution in [-0.4, -0.2) is 29.3 Å². The molecule has 0 aromatic heterocycles. The number of carbonyl (C=O) groups excluding carboxylic acids is 1. The monoisotopic (exact) mass is 181 g/mol. The van der Waals surface area contributed by atoms with E-state index >= 15 is 0 Å². The highest BCUT2D eigenvalue weighted by Gasteiger charge is 2.48. The fourth-order valence-electron chi connectivity index (χ4n) is 2.58. The molecule has 2 fully saturated rings. The summed E-state index contributed by atoms with van der Waals surface area (Å²) in [7, 11) is 0. The molecule has 0 spiro atoms. The highest BCUT2D eigenvalue weighted by atomic mass is 16.1. The van der Waals surface area contributed by atoms with Gasteiger partial charge < -0.3 is 0 Å². The Morgan fingerprint density at radius 1 is 1.23 bits per heavy atom. The van der Waals surface area contributed by atoms with Gasteiger partial charge in [0.1, 0.15) is 5.78 Å². The van der Waals surface area contributed by atoms with Crippen molar-refractivity contribution in [1.82, 2.24) is 4.90 Å². The van der Waals surface area contributed by atoms with Crippen molar-refractivity contribution in [3.63, 3.8) is 0 Å². The van der Waals surface area contributed by atoms with Crippen LogP contribution in [0.4, 0.5) is 0 Å². The van der Waals surface area contributed by atoms with E-state index in [9.17, 15) is 4.79 Å². The molecule has 1 aliphatic heterocycles. The fourth-order valence-corrected chi connectivity index (χ4v) is 2.58. The zero-order chi connectivity index (χ0) is 9.31. The van der Waals surface area contributed by atoms with Crippen molar-refractivity contribution in [2.24, 2.45) is 0 Å². The molecule has 0 aromatic rings. The van der Waals surface area contributed by atoms with Crippen LogP contribution in [0.1, 0.15) is 45.4 Å². The van der Waals surface area contributed by atoms with Gasteiger partial charge in [-0.2, -0.15) is 0 Å². The van der Waals surface area contributed by atoms with Crippen molar-refractivity contribution >= 4 is 5.78 Å². The molecular formula is C11H19NO. The molecule has 2 rings (SSSR count). The second-order valence-corrected chi connectivity index (χ2v) is 4.65. The molecule has 1 saturated heterocycles. The van der Waals surface area contributed by atoms with Crippen molar-refractivity contribution in [3.8, 4) is 0 Å². The van der Waals surface area contributed by atoms with Crippen LogP contribution in [0.25, 0.3) is 0 Å². The molecule has 0 radical (unpaired) electrons. The Bertz CT molecular complexity index is 202. The predicted molar refractivity (Wildman–Crippen MR) is 52.7 cm³/mol. The van der Waals surface area contributed by atoms with Gasteiger partial charge in [0, 0.05) is 12.0 Å². The Kier molecular flexibility index (Phi) is 2.41. The van der Waals surface area contributed by atoms with Crippen LogP contribution in [0.15, 0.2) is 0 Å². The van der Waals surface area contributed by atoms with Crippen LogP contribution in [0.5, 0.6) is 0 Å². The fraction of sp³-hybridized carbons (Fsp3) is 0.909. The lowest BCUT2D eigenvalue weighted by molar-refractivity contribution is -0.118. The van der Waals surface area contributed by atoms with Gasteiger partial charge in [0.05, 0.1) is 0 Å². The van der Waals surface area contributed by atoms with Gasteiger partial charge in [-0.05, 0) is 45.7 Å². The summed E-state index contributed by atoms with van der Waals surface area (Å²) in [6, 6.07) is 0. The number of rotatable bonds is 3. The first-order valence-corrected chi connectivity index (χ1v) is 5.47. The summed E-state index contributed by atoms with van der Waals surface area (Å²) in [6.07, 6.45) is 7.36. The number of piperidine rings is 1. The summed E-state index contributed by atoms with van der Waals surface area (Å²) in [5, 5.41) is 0. The van der Waals surface area contributed by atoms with E-state index in [1.807, 2.05) is 0 Å². The SMILES string of the molecule is CC(=O)CC1(N2CCCCC2)CC1. The summed E-state index contributed by atoms with van der Waals surface area (Å²) in [5.41, 5.74) is 0.326. The Balaban J connectivity index is 1.93. The maximum absolute atomic E-state index is 11.1. The second kappa shape index (κ2) is 3.41. The van der Waals surface area contributed by atoms with Gasteiger partial charge in [0.15, 0.2) is 0 Å². The van der Waals surface area contributed by atoms with Gasteiger partial charge in [-0.3, -0.25) is 9.69 Å². The smallest absolute Gasteiger partial charge is 0.131 e. The minimum Gasteiger partial charge on any atom is -0.300 e. The minimum atomic E-state index is 0.326. The second-order valence-electron chi connectivity index (χ2n) is 4.65. The number of nitrogens with zero attached hydrogens (tertiary/aromatic N) is 1. The number of likely N-dealkylation sites (tertiary alicyclic amines) is 1. The number of Topliss-reactive ketones (excluding diaryl/α,β-unsaturated/α-hetero) is 1. The van der Waals surface area contributed by atoms with Crippen molar-refractivity contribution < 1.29 is 4.79 Å². The van der Waals surface area contributed by atoms with E-state index in [2.05, 4.69) is 4.90 Å². The Labute approximate surface area is 80.3 Å².